The summed E-state index contributed by atoms with van der Waals surface area (Å²) in [6, 6.07) is 1.40. The van der Waals surface area contributed by atoms with Gasteiger partial charge in [0, 0.05) is 5.69 Å². The van der Waals surface area contributed by atoms with Gasteiger partial charge in [0.15, 0.2) is 0 Å². The molecule has 0 atom stereocenters. The van der Waals surface area contributed by atoms with Crippen LogP contribution in [-0.2, 0) is 28.6 Å². The van der Waals surface area contributed by atoms with Gasteiger partial charge in [-0.2, -0.15) is 39.5 Å². The summed E-state index contributed by atoms with van der Waals surface area (Å²) in [5.41, 5.74) is -5.97. The van der Waals surface area contributed by atoms with E-state index in [4.69, 9.17) is 0 Å². The largest absolute Gasteiger partial charge is 0.496 e. The van der Waals surface area contributed by atoms with E-state index in [-0.39, 0.29) is 24.3 Å². The first-order valence-electron chi connectivity index (χ1n) is 7.52. The van der Waals surface area contributed by atoms with Gasteiger partial charge in [0.1, 0.15) is 5.75 Å². The van der Waals surface area contributed by atoms with Crippen LogP contribution in [0.3, 0.4) is 0 Å². The summed E-state index contributed by atoms with van der Waals surface area (Å²) in [5.74, 6) is -0.677. The van der Waals surface area contributed by atoms with Crippen LogP contribution in [0.25, 0.3) is 0 Å². The predicted octanol–water partition coefficient (Wildman–Crippen LogP) is 5.55. The van der Waals surface area contributed by atoms with Crippen molar-refractivity contribution in [2.24, 2.45) is 0 Å². The minimum atomic E-state index is -5.31. The minimum Gasteiger partial charge on any atom is -0.496 e. The second-order valence-corrected chi connectivity index (χ2v) is 7.44. The zero-order valence-electron chi connectivity index (χ0n) is 14.5. The Bertz CT molecular complexity index is 1010. The number of benzene rings is 2. The maximum Gasteiger partial charge on any atom is 0.420 e. The lowest BCUT2D eigenvalue weighted by molar-refractivity contribution is -0.143. The summed E-state index contributed by atoms with van der Waals surface area (Å²) < 4.78 is 147. The van der Waals surface area contributed by atoms with E-state index in [0.717, 1.165) is 19.2 Å². The fourth-order valence-corrected chi connectivity index (χ4v) is 3.41. The molecule has 0 saturated carbocycles. The van der Waals surface area contributed by atoms with Crippen molar-refractivity contribution in [1.29, 1.82) is 0 Å². The molecule has 0 amide bonds. The summed E-state index contributed by atoms with van der Waals surface area (Å²) in [6.07, 6.45) is -15.6. The van der Waals surface area contributed by atoms with Crippen molar-refractivity contribution >= 4 is 15.7 Å². The van der Waals surface area contributed by atoms with Crippen LogP contribution in [0.15, 0.2) is 41.3 Å². The quantitative estimate of drug-likeness (QED) is 0.600. The van der Waals surface area contributed by atoms with Crippen LogP contribution in [0.2, 0.25) is 0 Å². The Labute approximate surface area is 163 Å². The first-order valence-corrected chi connectivity index (χ1v) is 9.01. The molecule has 0 aliphatic heterocycles. The fourth-order valence-electron chi connectivity index (χ4n) is 2.29. The molecule has 2 aromatic carbocycles. The van der Waals surface area contributed by atoms with Crippen molar-refractivity contribution in [3.8, 4) is 5.75 Å². The van der Waals surface area contributed by atoms with Crippen molar-refractivity contribution in [3.05, 3.63) is 53.1 Å². The lowest BCUT2D eigenvalue weighted by atomic mass is 10.1. The van der Waals surface area contributed by atoms with Gasteiger partial charge in [-0.15, -0.1) is 0 Å². The Morgan fingerprint density at radius 1 is 0.767 bits per heavy atom. The molecular formula is C16H10F9NO3S. The van der Waals surface area contributed by atoms with E-state index in [1.165, 1.54) is 4.72 Å². The molecule has 14 heteroatoms. The van der Waals surface area contributed by atoms with Crippen LogP contribution >= 0.6 is 0 Å². The average molecular weight is 467 g/mol. The van der Waals surface area contributed by atoms with Crippen LogP contribution in [0, 0.1) is 0 Å². The number of alkyl halides is 9. The van der Waals surface area contributed by atoms with E-state index in [2.05, 4.69) is 4.74 Å². The molecule has 0 aliphatic carbocycles. The van der Waals surface area contributed by atoms with Gasteiger partial charge < -0.3 is 4.74 Å². The number of rotatable bonds is 4. The molecule has 166 valence electrons. The molecule has 0 aromatic heterocycles. The standard InChI is InChI=1S/C16H10F9NO3S/c1-29-13-3-2-10(7-12(13)16(23,24)25)26-30(27,28)11-5-8(14(17,18)19)4-9(6-11)15(20,21)22/h2-7,26H,1H3. The van der Waals surface area contributed by atoms with Gasteiger partial charge in [0.05, 0.1) is 28.7 Å². The van der Waals surface area contributed by atoms with Crippen LogP contribution in [0.1, 0.15) is 16.7 Å². The second kappa shape index (κ2) is 7.56. The number of hydrogen-bond acceptors (Lipinski definition) is 3. The zero-order valence-corrected chi connectivity index (χ0v) is 15.3. The van der Waals surface area contributed by atoms with Gasteiger partial charge >= 0.3 is 18.5 Å². The summed E-state index contributed by atoms with van der Waals surface area (Å²) in [7, 11) is -4.21. The molecular weight excluding hydrogens is 457 g/mol. The monoisotopic (exact) mass is 467 g/mol. The molecule has 0 aliphatic rings. The Kier molecular flexibility index (Phi) is 5.96. The number of sulfonamides is 1. The molecule has 4 nitrogen and oxygen atoms in total. The highest BCUT2D eigenvalue weighted by atomic mass is 32.2. The van der Waals surface area contributed by atoms with E-state index in [1.54, 1.807) is 0 Å². The molecule has 0 fully saturated rings. The SMILES string of the molecule is COc1ccc(NS(=O)(=O)c2cc(C(F)(F)F)cc(C(F)(F)F)c2)cc1C(F)(F)F. The third-order valence-electron chi connectivity index (χ3n) is 3.63. The molecule has 0 bridgehead atoms. The van der Waals surface area contributed by atoms with Gasteiger partial charge in [0.25, 0.3) is 10.0 Å². The molecule has 0 radical (unpaired) electrons. The first-order chi connectivity index (χ1) is 13.4. The van der Waals surface area contributed by atoms with Crippen LogP contribution < -0.4 is 9.46 Å². The molecule has 0 spiro atoms. The highest BCUT2D eigenvalue weighted by molar-refractivity contribution is 7.92. The Morgan fingerprint density at radius 3 is 1.67 bits per heavy atom. The summed E-state index contributed by atoms with van der Waals surface area (Å²) in [5, 5.41) is 0. The number of halogens is 9. The fraction of sp³-hybridized carbons (Fsp3) is 0.250. The number of ether oxygens (including phenoxy) is 1. The molecule has 0 saturated heterocycles. The molecule has 2 aromatic rings. The number of anilines is 1. The van der Waals surface area contributed by atoms with Gasteiger partial charge in [-0.1, -0.05) is 0 Å². The van der Waals surface area contributed by atoms with Crippen molar-refractivity contribution in [2.45, 2.75) is 23.4 Å². The van der Waals surface area contributed by atoms with Crippen molar-refractivity contribution in [3.63, 3.8) is 0 Å². The van der Waals surface area contributed by atoms with Gasteiger partial charge in [0.2, 0.25) is 0 Å². The number of methoxy groups -OCH3 is 1. The molecule has 2 rings (SSSR count). The van der Waals surface area contributed by atoms with Crippen molar-refractivity contribution < 1.29 is 52.7 Å². The lowest BCUT2D eigenvalue weighted by Crippen LogP contribution is -2.18. The van der Waals surface area contributed by atoms with Crippen LogP contribution in [0.4, 0.5) is 45.2 Å². The molecule has 30 heavy (non-hydrogen) atoms. The van der Waals surface area contributed by atoms with E-state index in [0.29, 0.717) is 0 Å². The number of nitrogens with one attached hydrogen (secondary N) is 1. The van der Waals surface area contributed by atoms with E-state index in [1.807, 2.05) is 0 Å². The van der Waals surface area contributed by atoms with E-state index < -0.39 is 61.6 Å². The Balaban J connectivity index is 2.57. The topological polar surface area (TPSA) is 55.4 Å². The Hall–Kier alpha value is -2.64. The van der Waals surface area contributed by atoms with E-state index >= 15 is 0 Å². The third-order valence-corrected chi connectivity index (χ3v) is 4.99. The zero-order chi connectivity index (χ0) is 23.1. The maximum atomic E-state index is 13.0. The summed E-state index contributed by atoms with van der Waals surface area (Å²) >= 11 is 0. The minimum absolute atomic E-state index is 0.0637. The second-order valence-electron chi connectivity index (χ2n) is 5.76. The summed E-state index contributed by atoms with van der Waals surface area (Å²) in [4.78, 5) is -1.44. The third kappa shape index (κ3) is 5.29. The number of hydrogen-bond donors (Lipinski definition) is 1. The highest BCUT2D eigenvalue weighted by Crippen LogP contribution is 2.39. The average Bonchev–Trinajstić information content (AvgIpc) is 2.58. The summed E-state index contributed by atoms with van der Waals surface area (Å²) in [6.45, 7) is 0. The normalized spacial score (nSPS) is 13.3. The van der Waals surface area contributed by atoms with Crippen LogP contribution in [0.5, 0.6) is 5.75 Å². The predicted molar refractivity (Wildman–Crippen MR) is 85.3 cm³/mol. The van der Waals surface area contributed by atoms with Gasteiger partial charge in [-0.05, 0) is 36.4 Å². The Morgan fingerprint density at radius 2 is 1.27 bits per heavy atom. The van der Waals surface area contributed by atoms with Crippen molar-refractivity contribution in [1.82, 2.24) is 0 Å². The van der Waals surface area contributed by atoms with Gasteiger partial charge in [-0.3, -0.25) is 4.72 Å². The first kappa shape index (κ1) is 23.6. The maximum absolute atomic E-state index is 13.0. The molecule has 1 N–H and O–H groups in total. The highest BCUT2D eigenvalue weighted by Gasteiger charge is 2.39. The molecule has 0 heterocycles. The van der Waals surface area contributed by atoms with E-state index in [9.17, 15) is 47.9 Å². The lowest BCUT2D eigenvalue weighted by Gasteiger charge is -2.16. The van der Waals surface area contributed by atoms with Gasteiger partial charge in [-0.25, -0.2) is 8.42 Å². The van der Waals surface area contributed by atoms with Crippen molar-refractivity contribution in [2.75, 3.05) is 11.8 Å². The molecule has 0 unspecified atom stereocenters. The smallest absolute Gasteiger partial charge is 0.420 e. The van der Waals surface area contributed by atoms with Crippen LogP contribution in [-0.4, -0.2) is 15.5 Å².